The van der Waals surface area contributed by atoms with Gasteiger partial charge in [-0.15, -0.1) is 0 Å². The van der Waals surface area contributed by atoms with E-state index in [-0.39, 0.29) is 41.4 Å². The molecule has 7 atom stereocenters. The second-order valence-corrected chi connectivity index (χ2v) is 8.26. The average molecular weight is 328 g/mol. The number of carbonyl (C=O) groups is 3. The molecule has 0 aromatic carbocycles. The highest BCUT2D eigenvalue weighted by Gasteiger charge is 2.67. The summed E-state index contributed by atoms with van der Waals surface area (Å²) in [7, 11) is 0. The average Bonchev–Trinajstić information content (AvgIpc) is 3.39. The second kappa shape index (κ2) is 4.93. The van der Waals surface area contributed by atoms with E-state index in [9.17, 15) is 14.4 Å². The molecule has 2 saturated carbocycles. The molecule has 24 heavy (non-hydrogen) atoms. The number of amides is 3. The third-order valence-electron chi connectivity index (χ3n) is 7.11. The lowest BCUT2D eigenvalue weighted by Gasteiger charge is -2.37. The third-order valence-corrected chi connectivity index (χ3v) is 7.11. The minimum absolute atomic E-state index is 0.0551. The van der Waals surface area contributed by atoms with Crippen molar-refractivity contribution < 1.29 is 14.4 Å². The van der Waals surface area contributed by atoms with E-state index >= 15 is 0 Å². The first-order valence-electron chi connectivity index (χ1n) is 9.43. The van der Waals surface area contributed by atoms with Crippen molar-refractivity contribution in [2.45, 2.75) is 38.6 Å². The van der Waals surface area contributed by atoms with Gasteiger partial charge >= 0.3 is 0 Å². The van der Waals surface area contributed by atoms with Crippen molar-refractivity contribution in [2.24, 2.45) is 35.5 Å². The minimum atomic E-state index is -0.649. The molecule has 2 aliphatic heterocycles. The van der Waals surface area contributed by atoms with Gasteiger partial charge in [0.1, 0.15) is 6.04 Å². The third kappa shape index (κ3) is 1.78. The van der Waals surface area contributed by atoms with Crippen molar-refractivity contribution in [1.82, 2.24) is 9.80 Å². The van der Waals surface area contributed by atoms with Crippen molar-refractivity contribution in [2.75, 3.05) is 13.1 Å². The SMILES string of the molecule is C[C@H](C(=O)N1CCCCC1)N1C(=O)[C@H]2[C@@H]3C=C[C@H]([C@H]4C[C@H]34)[C@@H]2C1=O. The van der Waals surface area contributed by atoms with Crippen LogP contribution < -0.4 is 0 Å². The van der Waals surface area contributed by atoms with Crippen LogP contribution in [0, 0.1) is 35.5 Å². The summed E-state index contributed by atoms with van der Waals surface area (Å²) in [5.41, 5.74) is 0. The Morgan fingerprint density at radius 1 is 1.00 bits per heavy atom. The van der Waals surface area contributed by atoms with E-state index in [0.29, 0.717) is 11.8 Å². The summed E-state index contributed by atoms with van der Waals surface area (Å²) in [5.74, 6) is 1.02. The van der Waals surface area contributed by atoms with E-state index in [1.54, 1.807) is 6.92 Å². The molecule has 0 aromatic heterocycles. The Balaban J connectivity index is 1.40. The fourth-order valence-corrected chi connectivity index (χ4v) is 5.85. The molecule has 6 rings (SSSR count). The van der Waals surface area contributed by atoms with Gasteiger partial charge in [0.05, 0.1) is 11.8 Å². The van der Waals surface area contributed by atoms with Gasteiger partial charge in [-0.25, -0.2) is 0 Å². The normalized spacial score (nSPS) is 43.7. The Morgan fingerprint density at radius 2 is 1.54 bits per heavy atom. The predicted octanol–water partition coefficient (Wildman–Crippen LogP) is 1.44. The van der Waals surface area contributed by atoms with Crippen LogP contribution in [-0.2, 0) is 14.4 Å². The number of rotatable bonds is 2. The molecule has 2 heterocycles. The van der Waals surface area contributed by atoms with Gasteiger partial charge in [-0.2, -0.15) is 0 Å². The van der Waals surface area contributed by atoms with E-state index in [4.69, 9.17) is 0 Å². The number of nitrogens with zero attached hydrogens (tertiary/aromatic N) is 2. The zero-order valence-corrected chi connectivity index (χ0v) is 14.1. The van der Waals surface area contributed by atoms with E-state index in [2.05, 4.69) is 12.2 Å². The molecule has 0 spiro atoms. The van der Waals surface area contributed by atoms with Crippen LogP contribution in [0.4, 0.5) is 0 Å². The molecule has 6 aliphatic rings. The van der Waals surface area contributed by atoms with Crippen molar-refractivity contribution in [1.29, 1.82) is 0 Å². The summed E-state index contributed by atoms with van der Waals surface area (Å²) < 4.78 is 0. The molecule has 128 valence electrons. The highest BCUT2D eigenvalue weighted by molar-refractivity contribution is 6.09. The molecule has 5 heteroatoms. The highest BCUT2D eigenvalue weighted by Crippen LogP contribution is 2.65. The lowest BCUT2D eigenvalue weighted by molar-refractivity contribution is -0.151. The fourth-order valence-electron chi connectivity index (χ4n) is 5.85. The zero-order valence-electron chi connectivity index (χ0n) is 14.1. The molecule has 0 aromatic rings. The van der Waals surface area contributed by atoms with Crippen LogP contribution in [0.5, 0.6) is 0 Å². The maximum Gasteiger partial charge on any atom is 0.245 e. The van der Waals surface area contributed by atoms with Crippen molar-refractivity contribution in [3.8, 4) is 0 Å². The predicted molar refractivity (Wildman–Crippen MR) is 86.4 cm³/mol. The molecule has 5 nitrogen and oxygen atoms in total. The first-order valence-corrected chi connectivity index (χ1v) is 9.43. The Kier molecular flexibility index (Phi) is 3.01. The molecule has 2 bridgehead atoms. The maximum absolute atomic E-state index is 13.0. The Labute approximate surface area is 142 Å². The Hall–Kier alpha value is -1.65. The van der Waals surface area contributed by atoms with Crippen LogP contribution in [0.3, 0.4) is 0 Å². The van der Waals surface area contributed by atoms with E-state index in [1.165, 1.54) is 4.90 Å². The van der Waals surface area contributed by atoms with Crippen LogP contribution >= 0.6 is 0 Å². The van der Waals surface area contributed by atoms with Crippen LogP contribution in [0.1, 0.15) is 32.6 Å². The summed E-state index contributed by atoms with van der Waals surface area (Å²) in [5, 5.41) is 0. The zero-order chi connectivity index (χ0) is 16.6. The van der Waals surface area contributed by atoms with Crippen LogP contribution in [0.25, 0.3) is 0 Å². The van der Waals surface area contributed by atoms with Crippen LogP contribution in [0.15, 0.2) is 12.2 Å². The molecule has 0 radical (unpaired) electrons. The van der Waals surface area contributed by atoms with Gasteiger partial charge in [-0.3, -0.25) is 19.3 Å². The molecular weight excluding hydrogens is 304 g/mol. The topological polar surface area (TPSA) is 57.7 Å². The van der Waals surface area contributed by atoms with Gasteiger partial charge in [0.2, 0.25) is 17.7 Å². The molecule has 0 unspecified atom stereocenters. The maximum atomic E-state index is 13.0. The molecule has 4 aliphatic carbocycles. The van der Waals surface area contributed by atoms with Crippen molar-refractivity contribution >= 4 is 17.7 Å². The monoisotopic (exact) mass is 328 g/mol. The molecule has 4 fully saturated rings. The standard InChI is InChI=1S/C19H24N2O3/c1-10(17(22)20-7-3-2-4-8-20)21-18(23)15-11-5-6-12(14-9-13(11)14)16(15)19(21)24/h5-6,10-16H,2-4,7-9H2,1H3/t10-,11-,12-,13-,14-,15+,16+/m1/s1. The van der Waals surface area contributed by atoms with E-state index in [0.717, 1.165) is 38.8 Å². The first kappa shape index (κ1) is 14.7. The summed E-state index contributed by atoms with van der Waals surface area (Å²) in [4.78, 5) is 42.0. The number of imide groups is 1. The van der Waals surface area contributed by atoms with Gasteiger partial charge < -0.3 is 4.90 Å². The molecular formula is C19H24N2O3. The van der Waals surface area contributed by atoms with E-state index < -0.39 is 6.04 Å². The fraction of sp³-hybridized carbons (Fsp3) is 0.737. The summed E-state index contributed by atoms with van der Waals surface area (Å²) in [6.07, 6.45) is 8.70. The number of carbonyl (C=O) groups excluding carboxylic acids is 3. The van der Waals surface area contributed by atoms with Gasteiger partial charge in [0.15, 0.2) is 0 Å². The Bertz CT molecular complexity index is 615. The number of allylic oxidation sites excluding steroid dienone is 2. The van der Waals surface area contributed by atoms with Gasteiger partial charge in [-0.1, -0.05) is 12.2 Å². The molecule has 3 amide bonds. The number of piperidine rings is 1. The lowest BCUT2D eigenvalue weighted by atomic mass is 9.63. The van der Waals surface area contributed by atoms with Crippen LogP contribution in [0.2, 0.25) is 0 Å². The molecule has 0 N–H and O–H groups in total. The Morgan fingerprint density at radius 3 is 2.08 bits per heavy atom. The van der Waals surface area contributed by atoms with Crippen LogP contribution in [-0.4, -0.2) is 46.7 Å². The first-order chi connectivity index (χ1) is 11.6. The smallest absolute Gasteiger partial charge is 0.245 e. The quantitative estimate of drug-likeness (QED) is 0.569. The molecule has 2 saturated heterocycles. The van der Waals surface area contributed by atoms with Gasteiger partial charge in [0, 0.05) is 13.1 Å². The largest absolute Gasteiger partial charge is 0.341 e. The van der Waals surface area contributed by atoms with Crippen molar-refractivity contribution in [3.63, 3.8) is 0 Å². The van der Waals surface area contributed by atoms with Gasteiger partial charge in [0.25, 0.3) is 0 Å². The summed E-state index contributed by atoms with van der Waals surface area (Å²) in [6, 6.07) is -0.649. The van der Waals surface area contributed by atoms with Crippen molar-refractivity contribution in [3.05, 3.63) is 12.2 Å². The minimum Gasteiger partial charge on any atom is -0.341 e. The number of hydrogen-bond donors (Lipinski definition) is 0. The number of likely N-dealkylation sites (tertiary alicyclic amines) is 2. The highest BCUT2D eigenvalue weighted by atomic mass is 16.2. The summed E-state index contributed by atoms with van der Waals surface area (Å²) in [6.45, 7) is 3.24. The summed E-state index contributed by atoms with van der Waals surface area (Å²) >= 11 is 0. The lowest BCUT2D eigenvalue weighted by Crippen LogP contribution is -2.51. The number of hydrogen-bond acceptors (Lipinski definition) is 3. The van der Waals surface area contributed by atoms with E-state index in [1.807, 2.05) is 4.90 Å². The second-order valence-electron chi connectivity index (χ2n) is 8.26. The van der Waals surface area contributed by atoms with Gasteiger partial charge in [-0.05, 0) is 56.3 Å².